The number of nitrogens with one attached hydrogen (secondary N) is 1. The summed E-state index contributed by atoms with van der Waals surface area (Å²) in [5, 5.41) is 5.64. The molecule has 0 bridgehead atoms. The van der Waals surface area contributed by atoms with E-state index in [2.05, 4.69) is 28.5 Å². The van der Waals surface area contributed by atoms with Crippen LogP contribution >= 0.6 is 0 Å². The van der Waals surface area contributed by atoms with E-state index in [1.807, 2.05) is 48.5 Å². The molecule has 106 valence electrons. The Balaban J connectivity index is 1.89. The second-order valence-corrected chi connectivity index (χ2v) is 5.30. The average molecular weight is 286 g/mol. The van der Waals surface area contributed by atoms with Gasteiger partial charge < -0.3 is 10.1 Å². The molecule has 1 aliphatic heterocycles. The Bertz CT molecular complexity index is 893. The summed E-state index contributed by atoms with van der Waals surface area (Å²) in [4.78, 5) is 16.0. The molecule has 1 aliphatic rings. The van der Waals surface area contributed by atoms with Crippen molar-refractivity contribution in [2.24, 2.45) is 4.99 Å². The van der Waals surface area contributed by atoms with Gasteiger partial charge in [-0.2, -0.15) is 0 Å². The highest BCUT2D eigenvalue weighted by atomic mass is 16.1. The maximum absolute atomic E-state index is 11.4. The van der Waals surface area contributed by atoms with Crippen molar-refractivity contribution in [3.05, 3.63) is 77.9 Å². The van der Waals surface area contributed by atoms with Gasteiger partial charge in [-0.15, -0.1) is 0 Å². The second-order valence-electron chi connectivity index (χ2n) is 5.30. The summed E-state index contributed by atoms with van der Waals surface area (Å²) in [5.41, 5.74) is 2.87. The van der Waals surface area contributed by atoms with Gasteiger partial charge in [0.05, 0.1) is 0 Å². The Morgan fingerprint density at radius 3 is 2.59 bits per heavy atom. The summed E-state index contributed by atoms with van der Waals surface area (Å²) in [6, 6.07) is 21.7. The molecule has 1 unspecified atom stereocenters. The topological polar surface area (TPSA) is 41.5 Å². The molecule has 1 heterocycles. The van der Waals surface area contributed by atoms with Crippen LogP contribution in [0.4, 0.5) is 5.69 Å². The van der Waals surface area contributed by atoms with Crippen LogP contribution in [0.25, 0.3) is 10.8 Å². The van der Waals surface area contributed by atoms with Gasteiger partial charge in [0.2, 0.25) is 0 Å². The third-order valence-electron chi connectivity index (χ3n) is 3.97. The van der Waals surface area contributed by atoms with E-state index in [-0.39, 0.29) is 0 Å². The first-order valence-corrected chi connectivity index (χ1v) is 7.24. The molecule has 0 spiro atoms. The van der Waals surface area contributed by atoms with Gasteiger partial charge in [0.15, 0.2) is 0 Å². The minimum Gasteiger partial charge on any atom is -0.340 e. The van der Waals surface area contributed by atoms with Gasteiger partial charge >= 0.3 is 0 Å². The van der Waals surface area contributed by atoms with Crippen molar-refractivity contribution >= 4 is 28.6 Å². The maximum atomic E-state index is 11.4. The quantitative estimate of drug-likeness (QED) is 0.725. The summed E-state index contributed by atoms with van der Waals surface area (Å²) in [6.45, 7) is 0. The van der Waals surface area contributed by atoms with E-state index in [1.54, 1.807) is 0 Å². The monoisotopic (exact) mass is 286 g/mol. The van der Waals surface area contributed by atoms with Crippen molar-refractivity contribution < 1.29 is 4.79 Å². The van der Waals surface area contributed by atoms with Crippen LogP contribution in [-0.2, 0) is 4.79 Å². The van der Waals surface area contributed by atoms with E-state index in [4.69, 9.17) is 0 Å². The summed E-state index contributed by atoms with van der Waals surface area (Å²) in [7, 11) is 0. The molecule has 1 N–H and O–H groups in total. The molecule has 0 saturated carbocycles. The number of benzene rings is 3. The molecule has 0 fully saturated rings. The number of carbonyl (C=O) groups is 1. The number of aliphatic imine (C=N–C) groups is 1. The van der Waals surface area contributed by atoms with Crippen LogP contribution in [0.5, 0.6) is 0 Å². The average Bonchev–Trinajstić information content (AvgIpc) is 2.60. The van der Waals surface area contributed by atoms with E-state index in [9.17, 15) is 4.79 Å². The van der Waals surface area contributed by atoms with Crippen molar-refractivity contribution in [3.63, 3.8) is 0 Å². The SMILES string of the molecule is O=CC1N=C(c2cccc3ccccc23)Nc2ccccc21. The molecule has 3 aromatic rings. The number of para-hydroxylation sites is 1. The lowest BCUT2D eigenvalue weighted by Crippen LogP contribution is -2.22. The Hall–Kier alpha value is -2.94. The number of carbonyl (C=O) groups excluding carboxylic acids is 1. The minimum absolute atomic E-state index is 0.452. The highest BCUT2D eigenvalue weighted by molar-refractivity contribution is 6.17. The second kappa shape index (κ2) is 5.11. The molecule has 0 aromatic heterocycles. The normalized spacial score (nSPS) is 16.5. The van der Waals surface area contributed by atoms with E-state index in [1.165, 1.54) is 0 Å². The van der Waals surface area contributed by atoms with Crippen LogP contribution in [0, 0.1) is 0 Å². The lowest BCUT2D eigenvalue weighted by atomic mass is 10.00. The van der Waals surface area contributed by atoms with Crippen LogP contribution < -0.4 is 5.32 Å². The molecule has 3 aromatic carbocycles. The van der Waals surface area contributed by atoms with Gasteiger partial charge in [0.25, 0.3) is 0 Å². The third kappa shape index (κ3) is 1.99. The number of aldehydes is 1. The van der Waals surface area contributed by atoms with E-state index >= 15 is 0 Å². The highest BCUT2D eigenvalue weighted by Gasteiger charge is 2.21. The molecule has 0 saturated heterocycles. The van der Waals surface area contributed by atoms with Crippen molar-refractivity contribution in [2.45, 2.75) is 6.04 Å². The summed E-state index contributed by atoms with van der Waals surface area (Å²) < 4.78 is 0. The van der Waals surface area contributed by atoms with E-state index in [0.29, 0.717) is 0 Å². The lowest BCUT2D eigenvalue weighted by Gasteiger charge is -2.23. The van der Waals surface area contributed by atoms with Crippen molar-refractivity contribution in [1.29, 1.82) is 0 Å². The fourth-order valence-corrected chi connectivity index (χ4v) is 2.91. The molecular weight excluding hydrogens is 272 g/mol. The Labute approximate surface area is 128 Å². The smallest absolute Gasteiger partial charge is 0.149 e. The van der Waals surface area contributed by atoms with Crippen molar-refractivity contribution in [1.82, 2.24) is 0 Å². The van der Waals surface area contributed by atoms with Crippen LogP contribution in [0.15, 0.2) is 71.7 Å². The molecule has 0 aliphatic carbocycles. The van der Waals surface area contributed by atoms with Crippen LogP contribution in [0.2, 0.25) is 0 Å². The molecule has 3 heteroatoms. The fourth-order valence-electron chi connectivity index (χ4n) is 2.91. The van der Waals surface area contributed by atoms with Gasteiger partial charge in [0.1, 0.15) is 18.2 Å². The van der Waals surface area contributed by atoms with Gasteiger partial charge in [-0.1, -0.05) is 60.7 Å². The van der Waals surface area contributed by atoms with Crippen LogP contribution in [0.3, 0.4) is 0 Å². The zero-order valence-electron chi connectivity index (χ0n) is 11.9. The maximum Gasteiger partial charge on any atom is 0.149 e. The standard InChI is InChI=1S/C19H14N2O/c22-12-18-16-9-3-4-11-17(16)20-19(21-18)15-10-5-7-13-6-1-2-8-14(13)15/h1-12,18H,(H,20,21). The van der Waals surface area contributed by atoms with Crippen molar-refractivity contribution in [3.8, 4) is 0 Å². The number of fused-ring (bicyclic) bond motifs is 2. The number of hydrogen-bond donors (Lipinski definition) is 1. The molecule has 4 rings (SSSR count). The molecular formula is C19H14N2O. The lowest BCUT2D eigenvalue weighted by molar-refractivity contribution is -0.108. The first-order chi connectivity index (χ1) is 10.9. The minimum atomic E-state index is -0.452. The number of anilines is 1. The zero-order chi connectivity index (χ0) is 14.9. The largest absolute Gasteiger partial charge is 0.340 e. The first kappa shape index (κ1) is 12.8. The van der Waals surface area contributed by atoms with Crippen LogP contribution in [0.1, 0.15) is 17.2 Å². The summed E-state index contributed by atoms with van der Waals surface area (Å²) in [5.74, 6) is 0.743. The molecule has 0 radical (unpaired) electrons. The number of rotatable bonds is 2. The Morgan fingerprint density at radius 2 is 1.68 bits per heavy atom. The van der Waals surface area contributed by atoms with Gasteiger partial charge in [-0.05, 0) is 16.8 Å². The fraction of sp³-hybridized carbons (Fsp3) is 0.0526. The van der Waals surface area contributed by atoms with Crippen LogP contribution in [-0.4, -0.2) is 12.1 Å². The number of hydrogen-bond acceptors (Lipinski definition) is 3. The highest BCUT2D eigenvalue weighted by Crippen LogP contribution is 2.31. The molecule has 3 nitrogen and oxygen atoms in total. The predicted octanol–water partition coefficient (Wildman–Crippen LogP) is 3.95. The summed E-state index contributed by atoms with van der Waals surface area (Å²) in [6.07, 6.45) is 0.894. The third-order valence-corrected chi connectivity index (χ3v) is 3.97. The molecule has 0 amide bonds. The van der Waals surface area contributed by atoms with Gasteiger partial charge in [0, 0.05) is 16.8 Å². The number of nitrogens with zero attached hydrogens (tertiary/aromatic N) is 1. The Kier molecular flexibility index (Phi) is 2.97. The van der Waals surface area contributed by atoms with Gasteiger partial charge in [-0.3, -0.25) is 4.99 Å². The van der Waals surface area contributed by atoms with Crippen molar-refractivity contribution in [2.75, 3.05) is 5.32 Å². The zero-order valence-corrected chi connectivity index (χ0v) is 11.9. The molecule has 1 atom stereocenters. The molecule has 22 heavy (non-hydrogen) atoms. The van der Waals surface area contributed by atoms with Gasteiger partial charge in [-0.25, -0.2) is 0 Å². The number of amidine groups is 1. The first-order valence-electron chi connectivity index (χ1n) is 7.24. The Morgan fingerprint density at radius 1 is 0.909 bits per heavy atom. The summed E-state index contributed by atoms with van der Waals surface area (Å²) >= 11 is 0. The van der Waals surface area contributed by atoms with E-state index < -0.39 is 6.04 Å². The predicted molar refractivity (Wildman–Crippen MR) is 89.4 cm³/mol. The van der Waals surface area contributed by atoms with E-state index in [0.717, 1.165) is 39.7 Å².